The number of esters is 2. The van der Waals surface area contributed by atoms with Crippen molar-refractivity contribution in [3.8, 4) is 45.8 Å². The van der Waals surface area contributed by atoms with Gasteiger partial charge in [0.05, 0.1) is 37.6 Å². The number of hydrogen-bond acceptors (Lipinski definition) is 36. The minimum Gasteiger partial charge on any atom is -0.508 e. The average molecular weight is 1490 g/mol. The van der Waals surface area contributed by atoms with Crippen LogP contribution in [0.3, 0.4) is 0 Å². The molecule has 11 rings (SSSR count). The molecule has 0 saturated carbocycles. The second kappa shape index (κ2) is 33.2. The highest BCUT2D eigenvalue weighted by molar-refractivity contribution is 5.89. The first kappa shape index (κ1) is 78.4. The molecule has 6 saturated heterocycles. The second-order valence-electron chi connectivity index (χ2n) is 26.0. The summed E-state index contributed by atoms with van der Waals surface area (Å²) in [6.07, 6.45) is -50.2. The first-order valence-corrected chi connectivity index (χ1v) is 33.2. The zero-order valence-corrected chi connectivity index (χ0v) is 56.0. The zero-order chi connectivity index (χ0) is 75.7. The third kappa shape index (κ3) is 17.2. The molecular weight excluding hydrogens is 1400 g/mol. The quantitative estimate of drug-likeness (QED) is 0.0251. The third-order valence-corrected chi connectivity index (χ3v) is 18.6. The fourth-order valence-electron chi connectivity index (χ4n) is 12.5. The van der Waals surface area contributed by atoms with Crippen LogP contribution in [0, 0.1) is 0 Å². The molecule has 6 aliphatic rings. The number of fused-ring (bicyclic) bond motifs is 1. The first-order chi connectivity index (χ1) is 49.9. The Morgan fingerprint density at radius 2 is 0.876 bits per heavy atom. The third-order valence-electron chi connectivity index (χ3n) is 18.6. The Kier molecular flexibility index (Phi) is 24.8. The van der Waals surface area contributed by atoms with Crippen molar-refractivity contribution in [2.75, 3.05) is 13.2 Å². The molecule has 574 valence electrons. The number of phenolic OH excluding ortho intramolecular Hbond substituents is 4. The molecule has 18 N–H and O–H groups in total. The van der Waals surface area contributed by atoms with Crippen LogP contribution in [0.5, 0.6) is 34.5 Å². The number of aliphatic hydroxyl groups excluding tert-OH is 14. The summed E-state index contributed by atoms with van der Waals surface area (Å²) in [6, 6.07) is 17.8. The van der Waals surface area contributed by atoms with E-state index in [9.17, 15) is 102 Å². The van der Waals surface area contributed by atoms with Gasteiger partial charge in [-0.1, -0.05) is 24.3 Å². The molecule has 0 bridgehead atoms. The number of aliphatic hydroxyl groups is 14. The topological polar surface area (TPSA) is 558 Å². The van der Waals surface area contributed by atoms with Gasteiger partial charge in [0.25, 0.3) is 0 Å². The predicted molar refractivity (Wildman–Crippen MR) is 347 cm³/mol. The average Bonchev–Trinajstić information content (AvgIpc) is 0.749. The number of ether oxygens (including phenoxy) is 14. The van der Waals surface area contributed by atoms with E-state index in [1.54, 1.807) is 0 Å². The van der Waals surface area contributed by atoms with E-state index in [2.05, 4.69) is 0 Å². The van der Waals surface area contributed by atoms with Gasteiger partial charge in [-0.2, -0.15) is 0 Å². The summed E-state index contributed by atoms with van der Waals surface area (Å²) in [7, 11) is 0. The lowest BCUT2D eigenvalue weighted by molar-refractivity contribution is -0.372. The fourth-order valence-corrected chi connectivity index (χ4v) is 12.5. The molecule has 0 spiro atoms. The Morgan fingerprint density at radius 1 is 0.429 bits per heavy atom. The van der Waals surface area contributed by atoms with Crippen molar-refractivity contribution in [2.45, 2.75) is 212 Å². The van der Waals surface area contributed by atoms with Gasteiger partial charge in [-0.3, -0.25) is 4.79 Å². The SMILES string of the molecule is C[C@@H]1O[C@H](O[C@H]2[C@H](O)[C@@H](O[C@H]3[C@H](O)[C@@H](Oc4cc(O)c5c(=O)c(O[C@H]6O[C@@H](CO[C@H]7O[C@@H](CO)[C@H](O)[C@@H](O)[C@@H]7O)[C@H](O)[C@@H](O[C@H]7O[C@H](C)[C@H](O)[C@H](O)[C@H]7O)[C@@H]6OC(=O)C=Cc6ccc(O)cc6)c(-c6ccc(O)cc6)oc5c4)O[C@@H](C)[C@@H]3OC(=O)C=Cc3ccc(O)cc3)O[C@@H](C)[C@@H]2O)[C@@H](O)[C@H](O)[C@H]1O. The number of carbonyl (C=O) groups is 2. The Hall–Kier alpha value is -7.65. The fraction of sp³-hybridized carbons (Fsp3) is 0.522. The molecule has 1 aromatic heterocycles. The lowest BCUT2D eigenvalue weighted by atomic mass is 9.96. The molecule has 36 nitrogen and oxygen atoms in total. The summed E-state index contributed by atoms with van der Waals surface area (Å²) in [6.45, 7) is 3.54. The van der Waals surface area contributed by atoms with E-state index < -0.39 is 249 Å². The van der Waals surface area contributed by atoms with Gasteiger partial charge < -0.3 is 163 Å². The van der Waals surface area contributed by atoms with Crippen LogP contribution in [0.4, 0.5) is 0 Å². The van der Waals surface area contributed by atoms with Gasteiger partial charge in [-0.15, -0.1) is 0 Å². The van der Waals surface area contributed by atoms with E-state index in [0.717, 1.165) is 36.4 Å². The molecule has 30 atom stereocenters. The molecule has 5 aromatic rings. The number of phenols is 4. The van der Waals surface area contributed by atoms with Gasteiger partial charge in [0, 0.05) is 29.8 Å². The highest BCUT2D eigenvalue weighted by atomic mass is 16.8. The molecule has 36 heteroatoms. The Balaban J connectivity index is 0.948. The molecular formula is C69H82O36. The standard InChI is InChI=1S/C69H82O36/c1-25-43(77)49(83)53(87)65(92-25)102-59-45(79)27(3)94-68(55(59)89)104-62-56(90)67(95-28(4)57(62)100-40(75)19-9-29-5-13-32(71)14-6-29)96-35-21-36(74)42-37(22-35)97-58(31-11-17-34(73)18-12-31)61(48(42)82)105-69-63(101-41(76)20-10-30-7-15-33(72)16-8-30)60(103-66-54(88)50(84)44(78)26(2)93-66)47(81)39(99-69)24-91-64-52(86)51(85)46(80)38(23-70)98-64/h5-22,25-28,38-39,43-47,49-57,59-60,62-74,77-81,83-90H,23-24H2,1-4H3/t25-,26+,27-,28-,38-,39-,43-,44-,45-,46-,47-,49+,50-,51+,52-,53-,54+,55-,56-,57-,59+,60+,62-,63-,64-,65+,66+,67+,68+,69+/m0/s1. The molecule has 0 radical (unpaired) electrons. The zero-order valence-electron chi connectivity index (χ0n) is 56.0. The van der Waals surface area contributed by atoms with E-state index in [1.165, 1.54) is 101 Å². The van der Waals surface area contributed by atoms with Crippen molar-refractivity contribution in [1.29, 1.82) is 0 Å². The van der Waals surface area contributed by atoms with Gasteiger partial charge in [-0.25, -0.2) is 9.59 Å². The summed E-state index contributed by atoms with van der Waals surface area (Å²) < 4.78 is 90.0. The van der Waals surface area contributed by atoms with E-state index in [1.807, 2.05) is 0 Å². The van der Waals surface area contributed by atoms with Crippen LogP contribution in [0.1, 0.15) is 38.8 Å². The smallest absolute Gasteiger partial charge is 0.331 e. The maximum Gasteiger partial charge on any atom is 0.331 e. The number of rotatable bonds is 21. The Bertz CT molecular complexity index is 3870. The number of aromatic hydroxyl groups is 4. The minimum atomic E-state index is -2.29. The van der Waals surface area contributed by atoms with Gasteiger partial charge in [0.1, 0.15) is 150 Å². The Morgan fingerprint density at radius 3 is 1.42 bits per heavy atom. The van der Waals surface area contributed by atoms with E-state index in [4.69, 9.17) is 70.7 Å². The molecule has 0 unspecified atom stereocenters. The maximum atomic E-state index is 15.4. The van der Waals surface area contributed by atoms with Crippen LogP contribution in [0.15, 0.2) is 106 Å². The highest BCUT2D eigenvalue weighted by Crippen LogP contribution is 2.42. The molecule has 6 fully saturated rings. The predicted octanol–water partition coefficient (Wildman–Crippen LogP) is -3.42. The summed E-state index contributed by atoms with van der Waals surface area (Å²) in [5.41, 5.74) is -1.10. The molecule has 4 aromatic carbocycles. The summed E-state index contributed by atoms with van der Waals surface area (Å²) in [4.78, 5) is 43.2. The highest BCUT2D eigenvalue weighted by Gasteiger charge is 2.57. The van der Waals surface area contributed by atoms with Crippen molar-refractivity contribution in [2.24, 2.45) is 0 Å². The van der Waals surface area contributed by atoms with Crippen LogP contribution < -0.4 is 14.9 Å². The van der Waals surface area contributed by atoms with Crippen molar-refractivity contribution in [3.63, 3.8) is 0 Å². The lowest BCUT2D eigenvalue weighted by Gasteiger charge is -2.48. The molecule has 0 amide bonds. The minimum absolute atomic E-state index is 0.0638. The monoisotopic (exact) mass is 1490 g/mol. The molecule has 0 aliphatic carbocycles. The van der Waals surface area contributed by atoms with Crippen LogP contribution in [0.2, 0.25) is 0 Å². The van der Waals surface area contributed by atoms with Crippen molar-refractivity contribution in [1.82, 2.24) is 0 Å². The number of hydrogen-bond donors (Lipinski definition) is 18. The summed E-state index contributed by atoms with van der Waals surface area (Å²) in [5, 5.41) is 196. The van der Waals surface area contributed by atoms with Gasteiger partial charge >= 0.3 is 11.9 Å². The normalized spacial score (nSPS) is 38.2. The number of carbonyl (C=O) groups excluding carboxylic acids is 2. The Labute approximate surface area is 594 Å². The largest absolute Gasteiger partial charge is 0.508 e. The first-order valence-electron chi connectivity index (χ1n) is 33.2. The second-order valence-corrected chi connectivity index (χ2v) is 26.0. The van der Waals surface area contributed by atoms with E-state index >= 15 is 4.79 Å². The van der Waals surface area contributed by atoms with Gasteiger partial charge in [0.2, 0.25) is 23.8 Å². The van der Waals surface area contributed by atoms with Crippen LogP contribution in [-0.2, 0) is 66.4 Å². The van der Waals surface area contributed by atoms with Gasteiger partial charge in [-0.05, 0) is 99.5 Å². The van der Waals surface area contributed by atoms with Crippen molar-refractivity contribution in [3.05, 3.63) is 118 Å². The maximum absolute atomic E-state index is 15.4. The van der Waals surface area contributed by atoms with Crippen LogP contribution in [0.25, 0.3) is 34.4 Å². The van der Waals surface area contributed by atoms with E-state index in [-0.39, 0.29) is 22.8 Å². The molecule has 7 heterocycles. The van der Waals surface area contributed by atoms with Crippen molar-refractivity contribution < 1.29 is 172 Å². The van der Waals surface area contributed by atoms with E-state index in [0.29, 0.717) is 11.1 Å². The molecule has 105 heavy (non-hydrogen) atoms. The summed E-state index contributed by atoms with van der Waals surface area (Å²) in [5.74, 6) is -5.65. The van der Waals surface area contributed by atoms with Crippen molar-refractivity contribution >= 4 is 35.1 Å². The summed E-state index contributed by atoms with van der Waals surface area (Å²) >= 11 is 0. The van der Waals surface area contributed by atoms with Crippen LogP contribution >= 0.6 is 0 Å². The van der Waals surface area contributed by atoms with Crippen LogP contribution in [-0.4, -0.2) is 301 Å². The molecule has 6 aliphatic heterocycles. The van der Waals surface area contributed by atoms with Gasteiger partial charge in [0.15, 0.2) is 43.1 Å². The number of benzene rings is 4. The lowest BCUT2D eigenvalue weighted by Crippen LogP contribution is -2.66.